The number of aliphatic hydroxyl groups is 3. The van der Waals surface area contributed by atoms with Crippen LogP contribution in [0.2, 0.25) is 0 Å². The van der Waals surface area contributed by atoms with Crippen LogP contribution in [0.5, 0.6) is 5.75 Å². The van der Waals surface area contributed by atoms with E-state index in [-0.39, 0.29) is 11.3 Å². The summed E-state index contributed by atoms with van der Waals surface area (Å²) in [5.74, 6) is 0.104. The third kappa shape index (κ3) is 4.70. The number of nitrogens with one attached hydrogen (secondary N) is 1. The maximum atomic E-state index is 11.4. The maximum absolute atomic E-state index is 11.4. The zero-order valence-corrected chi connectivity index (χ0v) is 15.0. The van der Waals surface area contributed by atoms with Gasteiger partial charge in [0.2, 0.25) is 12.2 Å². The number of benzene rings is 1. The lowest BCUT2D eigenvalue weighted by atomic mass is 9.87. The molecular formula is C18H27NO6. The molecule has 5 atom stereocenters. The van der Waals surface area contributed by atoms with Crippen molar-refractivity contribution in [2.24, 2.45) is 0 Å². The van der Waals surface area contributed by atoms with Crippen LogP contribution in [0.3, 0.4) is 0 Å². The number of amides is 1. The van der Waals surface area contributed by atoms with Crippen molar-refractivity contribution in [3.8, 4) is 5.75 Å². The Morgan fingerprint density at radius 1 is 1.20 bits per heavy atom. The molecule has 4 N–H and O–H groups in total. The molecule has 7 heteroatoms. The molecule has 0 aromatic heterocycles. The van der Waals surface area contributed by atoms with Crippen LogP contribution in [-0.4, -0.2) is 58.5 Å². The third-order valence-electron chi connectivity index (χ3n) is 4.22. The molecule has 1 heterocycles. The molecule has 1 aromatic carbocycles. The van der Waals surface area contributed by atoms with E-state index in [1.165, 1.54) is 6.92 Å². The summed E-state index contributed by atoms with van der Waals surface area (Å²) in [5, 5.41) is 32.1. The number of carbonyl (C=O) groups is 1. The molecule has 1 fully saturated rings. The normalized spacial score (nSPS) is 30.0. The first-order chi connectivity index (χ1) is 11.6. The van der Waals surface area contributed by atoms with Gasteiger partial charge >= 0.3 is 0 Å². The van der Waals surface area contributed by atoms with Gasteiger partial charge in [0.05, 0.1) is 6.61 Å². The fraction of sp³-hybridized carbons (Fsp3) is 0.611. The van der Waals surface area contributed by atoms with Gasteiger partial charge in [-0.1, -0.05) is 32.9 Å². The molecule has 25 heavy (non-hydrogen) atoms. The second-order valence-electron chi connectivity index (χ2n) is 7.33. The molecule has 1 aliphatic heterocycles. The van der Waals surface area contributed by atoms with Crippen LogP contribution in [-0.2, 0) is 14.9 Å². The van der Waals surface area contributed by atoms with Gasteiger partial charge in [0.15, 0.2) is 0 Å². The van der Waals surface area contributed by atoms with E-state index in [9.17, 15) is 20.1 Å². The van der Waals surface area contributed by atoms with E-state index in [1.807, 2.05) is 12.1 Å². The summed E-state index contributed by atoms with van der Waals surface area (Å²) in [5.41, 5.74) is 1.13. The first kappa shape index (κ1) is 19.7. The minimum absolute atomic E-state index is 0.000870. The molecule has 1 amide bonds. The third-order valence-corrected chi connectivity index (χ3v) is 4.22. The first-order valence-corrected chi connectivity index (χ1v) is 8.30. The summed E-state index contributed by atoms with van der Waals surface area (Å²) < 4.78 is 11.3. The van der Waals surface area contributed by atoms with Crippen LogP contribution in [0.4, 0.5) is 0 Å². The van der Waals surface area contributed by atoms with Gasteiger partial charge in [-0.2, -0.15) is 0 Å². The molecule has 7 nitrogen and oxygen atoms in total. The van der Waals surface area contributed by atoms with Crippen molar-refractivity contribution in [3.63, 3.8) is 0 Å². The highest BCUT2D eigenvalue weighted by atomic mass is 16.7. The highest BCUT2D eigenvalue weighted by molar-refractivity contribution is 5.73. The van der Waals surface area contributed by atoms with Crippen LogP contribution >= 0.6 is 0 Å². The molecule has 1 saturated heterocycles. The van der Waals surface area contributed by atoms with Gasteiger partial charge in [-0.15, -0.1) is 0 Å². The summed E-state index contributed by atoms with van der Waals surface area (Å²) in [6.45, 7) is 7.12. The van der Waals surface area contributed by atoms with Gasteiger partial charge < -0.3 is 30.1 Å². The molecule has 5 unspecified atom stereocenters. The van der Waals surface area contributed by atoms with Gasteiger partial charge in [0.25, 0.3) is 0 Å². The summed E-state index contributed by atoms with van der Waals surface area (Å²) in [6.07, 6.45) is -4.70. The van der Waals surface area contributed by atoms with E-state index in [1.54, 1.807) is 12.1 Å². The fourth-order valence-electron chi connectivity index (χ4n) is 2.74. The van der Waals surface area contributed by atoms with Crippen LogP contribution in [0, 0.1) is 0 Å². The van der Waals surface area contributed by atoms with E-state index in [0.29, 0.717) is 5.75 Å². The second kappa shape index (κ2) is 7.70. The minimum atomic E-state index is -1.33. The Labute approximate surface area is 147 Å². The van der Waals surface area contributed by atoms with E-state index in [0.717, 1.165) is 5.56 Å². The zero-order valence-electron chi connectivity index (χ0n) is 15.0. The molecular weight excluding hydrogens is 326 g/mol. The van der Waals surface area contributed by atoms with E-state index >= 15 is 0 Å². The average Bonchev–Trinajstić information content (AvgIpc) is 2.53. The number of rotatable bonds is 4. The Morgan fingerprint density at radius 3 is 2.28 bits per heavy atom. The zero-order chi connectivity index (χ0) is 18.8. The lowest BCUT2D eigenvalue weighted by Gasteiger charge is -2.42. The van der Waals surface area contributed by atoms with Gasteiger partial charge in [-0.25, -0.2) is 0 Å². The number of hydrogen-bond donors (Lipinski definition) is 4. The van der Waals surface area contributed by atoms with Crippen LogP contribution < -0.4 is 10.1 Å². The molecule has 1 aromatic rings. The van der Waals surface area contributed by atoms with Gasteiger partial charge in [0.1, 0.15) is 30.1 Å². The van der Waals surface area contributed by atoms with Gasteiger partial charge in [-0.05, 0) is 23.1 Å². The Hall–Kier alpha value is -1.67. The quantitative estimate of drug-likeness (QED) is 0.620. The molecule has 140 valence electrons. The summed E-state index contributed by atoms with van der Waals surface area (Å²) >= 11 is 0. The SMILES string of the molecule is CC(=O)NC1C(Oc2ccc(C(C)(C)C)cc2)OC(CO)C(O)C1O. The summed E-state index contributed by atoms with van der Waals surface area (Å²) in [7, 11) is 0. The Morgan fingerprint density at radius 2 is 1.80 bits per heavy atom. The van der Waals surface area contributed by atoms with Crippen LogP contribution in [0.25, 0.3) is 0 Å². The Balaban J connectivity index is 2.19. The molecule has 0 aliphatic carbocycles. The van der Waals surface area contributed by atoms with Crippen molar-refractivity contribution in [2.75, 3.05) is 6.61 Å². The first-order valence-electron chi connectivity index (χ1n) is 8.30. The van der Waals surface area contributed by atoms with Gasteiger partial charge in [-0.3, -0.25) is 4.79 Å². The average molecular weight is 353 g/mol. The largest absolute Gasteiger partial charge is 0.463 e. The molecule has 2 rings (SSSR count). The van der Waals surface area contributed by atoms with Crippen molar-refractivity contribution >= 4 is 5.91 Å². The predicted molar refractivity (Wildman–Crippen MR) is 91.1 cm³/mol. The second-order valence-corrected chi connectivity index (χ2v) is 7.33. The Kier molecular flexibility index (Phi) is 6.05. The van der Waals surface area contributed by atoms with Crippen molar-refractivity contribution in [1.82, 2.24) is 5.32 Å². The number of carbonyl (C=O) groups excluding carboxylic acids is 1. The van der Waals surface area contributed by atoms with Crippen molar-refractivity contribution in [3.05, 3.63) is 29.8 Å². The summed E-state index contributed by atoms with van der Waals surface area (Å²) in [6, 6.07) is 6.46. The Bertz CT molecular complexity index is 582. The monoisotopic (exact) mass is 353 g/mol. The highest BCUT2D eigenvalue weighted by Gasteiger charge is 2.46. The molecule has 0 spiro atoms. The minimum Gasteiger partial charge on any atom is -0.463 e. The molecule has 0 saturated carbocycles. The molecule has 1 aliphatic rings. The molecule has 0 bridgehead atoms. The van der Waals surface area contributed by atoms with Gasteiger partial charge in [0, 0.05) is 6.92 Å². The van der Waals surface area contributed by atoms with E-state index in [4.69, 9.17) is 9.47 Å². The van der Waals surface area contributed by atoms with E-state index in [2.05, 4.69) is 26.1 Å². The summed E-state index contributed by atoms with van der Waals surface area (Å²) in [4.78, 5) is 11.4. The lowest BCUT2D eigenvalue weighted by molar-refractivity contribution is -0.244. The number of ether oxygens (including phenoxy) is 2. The highest BCUT2D eigenvalue weighted by Crippen LogP contribution is 2.27. The van der Waals surface area contributed by atoms with Crippen molar-refractivity contribution in [1.29, 1.82) is 0 Å². The smallest absolute Gasteiger partial charge is 0.223 e. The predicted octanol–water partition coefficient (Wildman–Crippen LogP) is 0.307. The van der Waals surface area contributed by atoms with Crippen LogP contribution in [0.15, 0.2) is 24.3 Å². The van der Waals surface area contributed by atoms with E-state index < -0.39 is 37.3 Å². The number of aliphatic hydroxyl groups excluding tert-OH is 3. The number of hydrogen-bond acceptors (Lipinski definition) is 6. The van der Waals surface area contributed by atoms with Crippen molar-refractivity contribution < 1.29 is 29.6 Å². The van der Waals surface area contributed by atoms with Crippen molar-refractivity contribution in [2.45, 2.75) is 63.8 Å². The van der Waals surface area contributed by atoms with Crippen LogP contribution in [0.1, 0.15) is 33.3 Å². The maximum Gasteiger partial charge on any atom is 0.223 e. The lowest BCUT2D eigenvalue weighted by Crippen LogP contribution is -2.65. The fourth-order valence-corrected chi connectivity index (χ4v) is 2.74. The molecule has 0 radical (unpaired) electrons. The topological polar surface area (TPSA) is 108 Å². The standard InChI is InChI=1S/C18H27NO6/c1-10(21)19-14-16(23)15(22)13(9-20)25-17(14)24-12-7-5-11(6-8-12)18(2,3)4/h5-8,13-17,20,22-23H,9H2,1-4H3,(H,19,21).